The van der Waals surface area contributed by atoms with E-state index in [1.165, 1.54) is 16.3 Å². The number of aromatic nitrogens is 3. The Hall–Kier alpha value is -1.34. The lowest BCUT2D eigenvalue weighted by Gasteiger charge is -2.28. The molecule has 0 unspecified atom stereocenters. The van der Waals surface area contributed by atoms with Crippen molar-refractivity contribution < 1.29 is 4.79 Å². The van der Waals surface area contributed by atoms with Gasteiger partial charge in [-0.2, -0.15) is 5.10 Å². The van der Waals surface area contributed by atoms with Gasteiger partial charge in [-0.05, 0) is 58.3 Å². The molecular formula is C19H26N4OS2. The molecule has 0 aliphatic heterocycles. The predicted molar refractivity (Wildman–Crippen MR) is 106 cm³/mol. The highest BCUT2D eigenvalue weighted by atomic mass is 32.2. The maximum atomic E-state index is 12.9. The van der Waals surface area contributed by atoms with Crippen molar-refractivity contribution >= 4 is 29.0 Å². The lowest BCUT2D eigenvalue weighted by molar-refractivity contribution is 0.0917. The molecule has 5 nitrogen and oxygen atoms in total. The van der Waals surface area contributed by atoms with Crippen LogP contribution in [0.25, 0.3) is 0 Å². The first kappa shape index (κ1) is 18.0. The topological polar surface area (TPSA) is 59.8 Å². The summed E-state index contributed by atoms with van der Waals surface area (Å²) in [6.45, 7) is 2.05. The van der Waals surface area contributed by atoms with Crippen LogP contribution in [0.3, 0.4) is 0 Å². The second kappa shape index (κ2) is 7.72. The highest BCUT2D eigenvalue weighted by molar-refractivity contribution is 8.01. The van der Waals surface area contributed by atoms with E-state index in [4.69, 9.17) is 0 Å². The summed E-state index contributed by atoms with van der Waals surface area (Å²) < 4.78 is 2.97. The van der Waals surface area contributed by atoms with Crippen LogP contribution in [0.5, 0.6) is 0 Å². The standard InChI is InChI=1S/C19H26N4OS2/c1-12-11-25-19(20-12)26-14-9-7-13(8-10-14)21-18(24)17-15-5-3-4-6-16(15)22-23(17)2/h11,13-14H,3-10H2,1-2H3,(H,21,24). The number of thioether (sulfide) groups is 1. The third-order valence-electron chi connectivity index (χ3n) is 5.41. The maximum absolute atomic E-state index is 12.9. The number of carbonyl (C=O) groups is 1. The molecule has 7 heteroatoms. The van der Waals surface area contributed by atoms with Gasteiger partial charge in [0.25, 0.3) is 5.91 Å². The third-order valence-corrected chi connectivity index (χ3v) is 7.84. The van der Waals surface area contributed by atoms with Crippen molar-refractivity contribution in [3.05, 3.63) is 28.0 Å². The number of nitrogens with zero attached hydrogens (tertiary/aromatic N) is 3. The van der Waals surface area contributed by atoms with Crippen LogP contribution >= 0.6 is 23.1 Å². The summed E-state index contributed by atoms with van der Waals surface area (Å²) >= 11 is 3.65. The molecule has 2 aliphatic rings. The Morgan fingerprint density at radius 1 is 1.27 bits per heavy atom. The largest absolute Gasteiger partial charge is 0.348 e. The molecule has 1 N–H and O–H groups in total. The fraction of sp³-hybridized carbons (Fsp3) is 0.632. The van der Waals surface area contributed by atoms with Crippen molar-refractivity contribution in [1.29, 1.82) is 0 Å². The fourth-order valence-electron chi connectivity index (χ4n) is 4.07. The second-order valence-corrected chi connectivity index (χ2v) is 9.83. The van der Waals surface area contributed by atoms with Gasteiger partial charge in [0.1, 0.15) is 10.0 Å². The van der Waals surface area contributed by atoms with Crippen molar-refractivity contribution in [2.45, 2.75) is 73.9 Å². The Morgan fingerprint density at radius 3 is 2.77 bits per heavy atom. The first-order chi connectivity index (χ1) is 12.6. The van der Waals surface area contributed by atoms with E-state index < -0.39 is 0 Å². The quantitative estimate of drug-likeness (QED) is 0.860. The molecule has 0 spiro atoms. The minimum Gasteiger partial charge on any atom is -0.348 e. The third kappa shape index (κ3) is 3.83. The number of amides is 1. The van der Waals surface area contributed by atoms with E-state index in [2.05, 4.69) is 20.8 Å². The Morgan fingerprint density at radius 2 is 2.04 bits per heavy atom. The summed E-state index contributed by atoms with van der Waals surface area (Å²) in [5, 5.41) is 10.6. The number of rotatable bonds is 4. The van der Waals surface area contributed by atoms with Crippen molar-refractivity contribution in [3.8, 4) is 0 Å². The molecule has 4 rings (SSSR count). The van der Waals surface area contributed by atoms with E-state index in [9.17, 15) is 4.79 Å². The number of aryl methyl sites for hydroxylation is 3. The normalized spacial score (nSPS) is 22.8. The van der Waals surface area contributed by atoms with Gasteiger partial charge in [-0.25, -0.2) is 4.98 Å². The fourth-order valence-corrected chi connectivity index (χ4v) is 6.36. The van der Waals surface area contributed by atoms with Gasteiger partial charge in [0.2, 0.25) is 0 Å². The van der Waals surface area contributed by atoms with Gasteiger partial charge in [-0.1, -0.05) is 11.8 Å². The van der Waals surface area contributed by atoms with Crippen LogP contribution in [0.4, 0.5) is 0 Å². The number of fused-ring (bicyclic) bond motifs is 1. The highest BCUT2D eigenvalue weighted by Gasteiger charge is 2.28. The molecule has 1 saturated carbocycles. The zero-order valence-corrected chi connectivity index (χ0v) is 17.1. The second-order valence-electron chi connectivity index (χ2n) is 7.42. The number of hydrogen-bond donors (Lipinski definition) is 1. The highest BCUT2D eigenvalue weighted by Crippen LogP contribution is 2.35. The van der Waals surface area contributed by atoms with Gasteiger partial charge in [-0.15, -0.1) is 11.3 Å². The Balaban J connectivity index is 1.33. The van der Waals surface area contributed by atoms with E-state index in [-0.39, 0.29) is 11.9 Å². The van der Waals surface area contributed by atoms with Gasteiger partial charge < -0.3 is 5.32 Å². The number of nitrogens with one attached hydrogen (secondary N) is 1. The zero-order chi connectivity index (χ0) is 18.1. The molecule has 1 fully saturated rings. The molecule has 2 heterocycles. The molecule has 2 aromatic rings. The summed E-state index contributed by atoms with van der Waals surface area (Å²) in [4.78, 5) is 17.4. The summed E-state index contributed by atoms with van der Waals surface area (Å²) in [6, 6.07) is 0.284. The van der Waals surface area contributed by atoms with Crippen LogP contribution in [-0.4, -0.2) is 32.0 Å². The van der Waals surface area contributed by atoms with E-state index in [1.54, 1.807) is 16.0 Å². The molecule has 0 bridgehead atoms. The van der Waals surface area contributed by atoms with Crippen LogP contribution < -0.4 is 5.32 Å². The summed E-state index contributed by atoms with van der Waals surface area (Å²) in [7, 11) is 1.90. The first-order valence-electron chi connectivity index (χ1n) is 9.54. The van der Waals surface area contributed by atoms with Gasteiger partial charge >= 0.3 is 0 Å². The number of thiazole rings is 1. The molecular weight excluding hydrogens is 364 g/mol. The van der Waals surface area contributed by atoms with Crippen LogP contribution in [0, 0.1) is 6.92 Å². The molecule has 1 amide bonds. The van der Waals surface area contributed by atoms with Crippen LogP contribution in [-0.2, 0) is 19.9 Å². The Kier molecular flexibility index (Phi) is 5.36. The van der Waals surface area contributed by atoms with Crippen molar-refractivity contribution in [3.63, 3.8) is 0 Å². The molecule has 26 heavy (non-hydrogen) atoms. The molecule has 0 radical (unpaired) electrons. The zero-order valence-electron chi connectivity index (χ0n) is 15.5. The Labute approximate surface area is 163 Å². The maximum Gasteiger partial charge on any atom is 0.270 e. The molecule has 0 aromatic carbocycles. The average Bonchev–Trinajstić information content (AvgIpc) is 3.18. The van der Waals surface area contributed by atoms with Crippen molar-refractivity contribution in [2.24, 2.45) is 7.05 Å². The molecule has 2 aliphatic carbocycles. The number of hydrogen-bond acceptors (Lipinski definition) is 5. The van der Waals surface area contributed by atoms with Crippen LogP contribution in [0.15, 0.2) is 9.72 Å². The number of carbonyl (C=O) groups excluding carboxylic acids is 1. The molecule has 2 aromatic heterocycles. The smallest absolute Gasteiger partial charge is 0.270 e. The van der Waals surface area contributed by atoms with E-state index in [1.807, 2.05) is 25.7 Å². The van der Waals surface area contributed by atoms with E-state index >= 15 is 0 Å². The lowest BCUT2D eigenvalue weighted by Crippen LogP contribution is -2.39. The van der Waals surface area contributed by atoms with E-state index in [0.717, 1.165) is 62.0 Å². The van der Waals surface area contributed by atoms with E-state index in [0.29, 0.717) is 5.25 Å². The van der Waals surface area contributed by atoms with Gasteiger partial charge in [0, 0.05) is 35.0 Å². The Bertz CT molecular complexity index is 790. The molecule has 0 saturated heterocycles. The lowest BCUT2D eigenvalue weighted by atomic mass is 9.93. The predicted octanol–water partition coefficient (Wildman–Crippen LogP) is 3.90. The average molecular weight is 391 g/mol. The first-order valence-corrected chi connectivity index (χ1v) is 11.3. The van der Waals surface area contributed by atoms with Crippen LogP contribution in [0.2, 0.25) is 0 Å². The summed E-state index contributed by atoms with van der Waals surface area (Å²) in [5.74, 6) is 0.0646. The minimum absolute atomic E-state index is 0.0646. The van der Waals surface area contributed by atoms with Gasteiger partial charge in [0.05, 0.1) is 5.69 Å². The van der Waals surface area contributed by atoms with Crippen molar-refractivity contribution in [2.75, 3.05) is 0 Å². The van der Waals surface area contributed by atoms with Crippen LogP contribution in [0.1, 0.15) is 66.0 Å². The SMILES string of the molecule is Cc1csc(SC2CCC(NC(=O)c3c4c(nn3C)CCCC4)CC2)n1. The van der Waals surface area contributed by atoms with Gasteiger partial charge in [-0.3, -0.25) is 9.48 Å². The van der Waals surface area contributed by atoms with Crippen molar-refractivity contribution in [1.82, 2.24) is 20.1 Å². The minimum atomic E-state index is 0.0646. The monoisotopic (exact) mass is 390 g/mol. The molecule has 140 valence electrons. The van der Waals surface area contributed by atoms with Gasteiger partial charge in [0.15, 0.2) is 0 Å². The summed E-state index contributed by atoms with van der Waals surface area (Å²) in [5.41, 5.74) is 4.20. The summed E-state index contributed by atoms with van der Waals surface area (Å²) in [6.07, 6.45) is 8.72. The molecule has 0 atom stereocenters.